The molecule has 5 aromatic carbocycles. The van der Waals surface area contributed by atoms with Gasteiger partial charge in [-0.2, -0.15) is 0 Å². The Morgan fingerprint density at radius 2 is 0.900 bits per heavy atom. The molecule has 0 unspecified atom stereocenters. The van der Waals surface area contributed by atoms with Gasteiger partial charge in [-0.1, -0.05) is 114 Å². The van der Waals surface area contributed by atoms with Gasteiger partial charge in [0.15, 0.2) is 0 Å². The Hall–Kier alpha value is -4.30. The van der Waals surface area contributed by atoms with E-state index in [0.29, 0.717) is 0 Å². The van der Waals surface area contributed by atoms with Crippen molar-refractivity contribution in [2.45, 2.75) is 52.4 Å². The van der Waals surface area contributed by atoms with Gasteiger partial charge in [-0.3, -0.25) is 0 Å². The number of hydrogen-bond acceptors (Lipinski definition) is 0. The summed E-state index contributed by atoms with van der Waals surface area (Å²) < 4.78 is 4.98. The first-order valence-electron chi connectivity index (χ1n) is 14.3. The maximum atomic E-state index is 2.50. The van der Waals surface area contributed by atoms with Gasteiger partial charge in [0.1, 0.15) is 0 Å². The fourth-order valence-corrected chi connectivity index (χ4v) is 6.53. The number of fused-ring (bicyclic) bond motifs is 6. The monoisotopic (exact) mass is 520 g/mol. The summed E-state index contributed by atoms with van der Waals surface area (Å²) in [5.41, 5.74) is 10.2. The minimum absolute atomic E-state index is 0.111. The summed E-state index contributed by atoms with van der Waals surface area (Å²) in [6, 6.07) is 40.3. The molecule has 7 rings (SSSR count). The second-order valence-corrected chi connectivity index (χ2v) is 13.1. The summed E-state index contributed by atoms with van der Waals surface area (Å²) in [5, 5.41) is 5.16. The zero-order valence-corrected chi connectivity index (χ0v) is 24.3. The summed E-state index contributed by atoms with van der Waals surface area (Å²) in [7, 11) is 0. The predicted octanol–water partition coefficient (Wildman–Crippen LogP) is 10.5. The van der Waals surface area contributed by atoms with E-state index in [0.717, 1.165) is 0 Å². The Bertz CT molecular complexity index is 2000. The SMILES string of the molecule is CC(C)(C)c1ccc(-n2c3ccccc3c3ccc(-n4c5ccccc5c5ccccc54)c(C(C)(C)C)c32)cc1. The van der Waals surface area contributed by atoms with Crippen molar-refractivity contribution in [3.8, 4) is 11.4 Å². The van der Waals surface area contributed by atoms with E-state index in [9.17, 15) is 0 Å². The molecular weight excluding hydrogens is 484 g/mol. The molecule has 2 heteroatoms. The van der Waals surface area contributed by atoms with Crippen molar-refractivity contribution in [2.75, 3.05) is 0 Å². The minimum atomic E-state index is -0.112. The molecule has 0 N–H and O–H groups in total. The number of aromatic nitrogens is 2. The largest absolute Gasteiger partial charge is 0.309 e. The van der Waals surface area contributed by atoms with Crippen LogP contribution in [-0.4, -0.2) is 9.13 Å². The summed E-state index contributed by atoms with van der Waals surface area (Å²) in [6.07, 6.45) is 0. The standard InChI is InChI=1S/C38H36N2/c1-37(2,3)25-19-21-26(22-20-25)39-31-16-10-9-15-29(31)30-23-24-34(35(36(30)39)38(4,5)6)40-32-17-11-7-13-27(32)28-14-8-12-18-33(28)40/h7-24H,1-6H3. The maximum Gasteiger partial charge on any atom is 0.0599 e. The van der Waals surface area contributed by atoms with Gasteiger partial charge in [-0.05, 0) is 52.8 Å². The van der Waals surface area contributed by atoms with Gasteiger partial charge in [-0.15, -0.1) is 0 Å². The van der Waals surface area contributed by atoms with Crippen LogP contribution in [-0.2, 0) is 10.8 Å². The van der Waals surface area contributed by atoms with Crippen molar-refractivity contribution >= 4 is 43.6 Å². The molecule has 0 bridgehead atoms. The average Bonchev–Trinajstić information content (AvgIpc) is 3.44. The second-order valence-electron chi connectivity index (χ2n) is 13.1. The number of para-hydroxylation sites is 3. The lowest BCUT2D eigenvalue weighted by Crippen LogP contribution is -2.17. The molecule has 198 valence electrons. The molecule has 7 aromatic rings. The molecule has 0 atom stereocenters. The van der Waals surface area contributed by atoms with Crippen molar-refractivity contribution in [3.63, 3.8) is 0 Å². The van der Waals surface area contributed by atoms with E-state index in [1.165, 1.54) is 66.1 Å². The van der Waals surface area contributed by atoms with Crippen LogP contribution in [0.1, 0.15) is 52.7 Å². The lowest BCUT2D eigenvalue weighted by molar-refractivity contribution is 0.590. The number of benzene rings is 5. The molecule has 0 amide bonds. The number of hydrogen-bond donors (Lipinski definition) is 0. The van der Waals surface area contributed by atoms with Crippen LogP contribution in [0.25, 0.3) is 55.0 Å². The van der Waals surface area contributed by atoms with Gasteiger partial charge in [0.2, 0.25) is 0 Å². The second kappa shape index (κ2) is 8.60. The molecule has 2 aromatic heterocycles. The highest BCUT2D eigenvalue weighted by Gasteiger charge is 2.28. The molecule has 0 saturated carbocycles. The summed E-state index contributed by atoms with van der Waals surface area (Å²) in [6.45, 7) is 13.9. The van der Waals surface area contributed by atoms with E-state index in [4.69, 9.17) is 0 Å². The van der Waals surface area contributed by atoms with Crippen molar-refractivity contribution < 1.29 is 0 Å². The smallest absolute Gasteiger partial charge is 0.0599 e. The highest BCUT2D eigenvalue weighted by atomic mass is 15.0. The van der Waals surface area contributed by atoms with Crippen molar-refractivity contribution in [1.82, 2.24) is 9.13 Å². The first-order chi connectivity index (χ1) is 19.1. The van der Waals surface area contributed by atoms with Gasteiger partial charge >= 0.3 is 0 Å². The van der Waals surface area contributed by atoms with E-state index in [2.05, 4.69) is 160 Å². The van der Waals surface area contributed by atoms with E-state index < -0.39 is 0 Å². The van der Waals surface area contributed by atoms with Crippen LogP contribution >= 0.6 is 0 Å². The van der Waals surface area contributed by atoms with Gasteiger partial charge < -0.3 is 9.13 Å². The Morgan fingerprint density at radius 3 is 1.40 bits per heavy atom. The minimum Gasteiger partial charge on any atom is -0.309 e. The normalized spacial score (nSPS) is 12.8. The summed E-state index contributed by atoms with van der Waals surface area (Å²) >= 11 is 0. The number of rotatable bonds is 2. The molecule has 0 spiro atoms. The third-order valence-corrected chi connectivity index (χ3v) is 8.38. The first kappa shape index (κ1) is 24.7. The molecule has 2 nitrogen and oxygen atoms in total. The Balaban J connectivity index is 1.65. The molecule has 0 saturated heterocycles. The van der Waals surface area contributed by atoms with E-state index >= 15 is 0 Å². The van der Waals surface area contributed by atoms with Crippen LogP contribution in [0.2, 0.25) is 0 Å². The molecule has 0 aliphatic rings. The zero-order valence-electron chi connectivity index (χ0n) is 24.3. The topological polar surface area (TPSA) is 9.86 Å². The van der Waals surface area contributed by atoms with Crippen molar-refractivity contribution in [1.29, 1.82) is 0 Å². The van der Waals surface area contributed by atoms with Crippen LogP contribution in [0.4, 0.5) is 0 Å². The molecule has 0 aliphatic carbocycles. The molecule has 40 heavy (non-hydrogen) atoms. The van der Waals surface area contributed by atoms with E-state index in [-0.39, 0.29) is 10.8 Å². The van der Waals surface area contributed by atoms with Gasteiger partial charge in [0.05, 0.1) is 27.8 Å². The van der Waals surface area contributed by atoms with Gasteiger partial charge in [0, 0.05) is 32.8 Å². The Kier molecular flexibility index (Phi) is 5.31. The highest BCUT2D eigenvalue weighted by Crippen LogP contribution is 2.43. The van der Waals surface area contributed by atoms with Crippen molar-refractivity contribution in [2.24, 2.45) is 0 Å². The average molecular weight is 521 g/mol. The van der Waals surface area contributed by atoms with Crippen LogP contribution in [0.15, 0.2) is 109 Å². The zero-order chi connectivity index (χ0) is 27.8. The highest BCUT2D eigenvalue weighted by molar-refractivity contribution is 6.13. The lowest BCUT2D eigenvalue weighted by Gasteiger charge is -2.27. The Morgan fingerprint density at radius 1 is 0.425 bits per heavy atom. The summed E-state index contributed by atoms with van der Waals surface area (Å²) in [4.78, 5) is 0. The van der Waals surface area contributed by atoms with Crippen LogP contribution in [0.3, 0.4) is 0 Å². The van der Waals surface area contributed by atoms with Crippen LogP contribution in [0, 0.1) is 0 Å². The third-order valence-electron chi connectivity index (χ3n) is 8.38. The third kappa shape index (κ3) is 3.63. The number of nitrogens with zero attached hydrogens (tertiary/aromatic N) is 2. The molecule has 0 radical (unpaired) electrons. The summed E-state index contributed by atoms with van der Waals surface area (Å²) in [5.74, 6) is 0. The van der Waals surface area contributed by atoms with Crippen molar-refractivity contribution in [3.05, 3.63) is 120 Å². The fraction of sp³-hybridized carbons (Fsp3) is 0.211. The predicted molar refractivity (Wildman–Crippen MR) is 173 cm³/mol. The van der Waals surface area contributed by atoms with E-state index in [1.807, 2.05) is 0 Å². The van der Waals surface area contributed by atoms with E-state index in [1.54, 1.807) is 0 Å². The lowest BCUT2D eigenvalue weighted by atomic mass is 9.83. The molecule has 2 heterocycles. The maximum absolute atomic E-state index is 2.50. The fourth-order valence-electron chi connectivity index (χ4n) is 6.53. The Labute approximate surface area is 236 Å². The quantitative estimate of drug-likeness (QED) is 0.215. The first-order valence-corrected chi connectivity index (χ1v) is 14.3. The van der Waals surface area contributed by atoms with Gasteiger partial charge in [-0.25, -0.2) is 0 Å². The molecule has 0 fully saturated rings. The van der Waals surface area contributed by atoms with Crippen LogP contribution in [0.5, 0.6) is 0 Å². The van der Waals surface area contributed by atoms with Crippen LogP contribution < -0.4 is 0 Å². The molecular formula is C38H36N2. The molecule has 0 aliphatic heterocycles. The van der Waals surface area contributed by atoms with Gasteiger partial charge in [0.25, 0.3) is 0 Å².